The Morgan fingerprint density at radius 3 is 2.64 bits per heavy atom. The molecule has 0 radical (unpaired) electrons. The maximum absolute atomic E-state index is 5.91. The van der Waals surface area contributed by atoms with E-state index in [9.17, 15) is 0 Å². The number of fused-ring (bicyclic) bond motifs is 1. The van der Waals surface area contributed by atoms with Gasteiger partial charge in [0.05, 0.1) is 5.88 Å². The Bertz CT molecular complexity index is 434. The van der Waals surface area contributed by atoms with Gasteiger partial charge in [0.2, 0.25) is 0 Å². The third-order valence-corrected chi connectivity index (χ3v) is 4.08. The van der Waals surface area contributed by atoms with Crippen LogP contribution in [-0.2, 0) is 12.3 Å². The number of aryl methyl sites for hydroxylation is 1. The first-order chi connectivity index (χ1) is 6.86. The lowest BCUT2D eigenvalue weighted by molar-refractivity contribution is 1.15. The first kappa shape index (κ1) is 10.3. The molecule has 0 aliphatic heterocycles. The van der Waals surface area contributed by atoms with E-state index in [0.717, 1.165) is 6.42 Å². The normalized spacial score (nSPS) is 11.0. The van der Waals surface area contributed by atoms with E-state index >= 15 is 0 Å². The molecule has 0 amide bonds. The maximum Gasteiger partial charge on any atom is 0.0571 e. The second kappa shape index (κ2) is 4.52. The van der Waals surface area contributed by atoms with E-state index in [1.807, 2.05) is 0 Å². The summed E-state index contributed by atoms with van der Waals surface area (Å²) < 4.78 is 1.31. The van der Waals surface area contributed by atoms with Crippen molar-refractivity contribution in [3.63, 3.8) is 0 Å². The van der Waals surface area contributed by atoms with Crippen LogP contribution in [0, 0.1) is 0 Å². The van der Waals surface area contributed by atoms with Crippen molar-refractivity contribution < 1.29 is 0 Å². The zero-order valence-electron chi connectivity index (χ0n) is 7.59. The molecule has 14 heavy (non-hydrogen) atoms. The Kier molecular flexibility index (Phi) is 3.32. The van der Waals surface area contributed by atoms with Gasteiger partial charge < -0.3 is 0 Å². The predicted octanol–water partition coefficient (Wildman–Crippen LogP) is 4.42. The monoisotopic (exact) mass is 244 g/mol. The van der Waals surface area contributed by atoms with Crippen LogP contribution in [0.4, 0.5) is 0 Å². The Morgan fingerprint density at radius 1 is 1.14 bits per heavy atom. The molecule has 0 aliphatic rings. The van der Waals surface area contributed by atoms with Gasteiger partial charge in [0.1, 0.15) is 0 Å². The van der Waals surface area contributed by atoms with Crippen LogP contribution in [0.2, 0.25) is 0 Å². The van der Waals surface area contributed by atoms with Gasteiger partial charge in [-0.25, -0.2) is 0 Å². The topological polar surface area (TPSA) is 0 Å². The zero-order chi connectivity index (χ0) is 9.97. The van der Waals surface area contributed by atoms with Crippen molar-refractivity contribution in [3.8, 4) is 0 Å². The van der Waals surface area contributed by atoms with E-state index in [-0.39, 0.29) is 0 Å². The first-order valence-corrected chi connectivity index (χ1v) is 6.36. The molecular formula is C11H10Cl2S. The molecular weight excluding hydrogens is 235 g/mol. The van der Waals surface area contributed by atoms with Gasteiger partial charge in [0, 0.05) is 15.5 Å². The van der Waals surface area contributed by atoms with Crippen molar-refractivity contribution in [2.24, 2.45) is 0 Å². The molecule has 74 valence electrons. The number of hydrogen-bond acceptors (Lipinski definition) is 1. The molecule has 0 fully saturated rings. The maximum atomic E-state index is 5.91. The molecule has 0 aliphatic carbocycles. The summed E-state index contributed by atoms with van der Waals surface area (Å²) in [6.07, 6.45) is 0.910. The average molecular weight is 245 g/mol. The fourth-order valence-corrected chi connectivity index (χ4v) is 3.24. The molecule has 0 bridgehead atoms. The summed E-state index contributed by atoms with van der Waals surface area (Å²) in [6, 6.07) is 8.39. The standard InChI is InChI=1S/C11H10Cl2S/c12-6-5-9-8-3-1-2-4-10(8)14-11(9)7-13/h1-4H,5-7H2. The van der Waals surface area contributed by atoms with Gasteiger partial charge in [-0.05, 0) is 23.4 Å². The van der Waals surface area contributed by atoms with Gasteiger partial charge in [0.15, 0.2) is 0 Å². The molecule has 0 N–H and O–H groups in total. The van der Waals surface area contributed by atoms with E-state index in [1.54, 1.807) is 11.3 Å². The Morgan fingerprint density at radius 2 is 1.93 bits per heavy atom. The van der Waals surface area contributed by atoms with Crippen LogP contribution in [0.3, 0.4) is 0 Å². The van der Waals surface area contributed by atoms with Crippen LogP contribution in [-0.4, -0.2) is 5.88 Å². The number of benzene rings is 1. The second-order valence-corrected chi connectivity index (χ2v) is 4.85. The average Bonchev–Trinajstić information content (AvgIpc) is 2.58. The Labute approximate surface area is 97.5 Å². The molecule has 1 aromatic heterocycles. The molecule has 0 saturated heterocycles. The summed E-state index contributed by atoms with van der Waals surface area (Å²) in [5.74, 6) is 1.25. The van der Waals surface area contributed by atoms with E-state index in [1.165, 1.54) is 20.5 Å². The van der Waals surface area contributed by atoms with Crippen LogP contribution in [0.5, 0.6) is 0 Å². The van der Waals surface area contributed by atoms with Gasteiger partial charge in [-0.1, -0.05) is 18.2 Å². The van der Waals surface area contributed by atoms with Gasteiger partial charge in [-0.3, -0.25) is 0 Å². The number of rotatable bonds is 3. The lowest BCUT2D eigenvalue weighted by Crippen LogP contribution is -1.87. The highest BCUT2D eigenvalue weighted by Crippen LogP contribution is 2.32. The molecule has 0 unspecified atom stereocenters. The number of hydrogen-bond donors (Lipinski definition) is 0. The summed E-state index contributed by atoms with van der Waals surface area (Å²) in [4.78, 5) is 1.26. The minimum atomic E-state index is 0.589. The van der Waals surface area contributed by atoms with Crippen molar-refractivity contribution in [1.82, 2.24) is 0 Å². The van der Waals surface area contributed by atoms with Gasteiger partial charge in [0.25, 0.3) is 0 Å². The molecule has 0 spiro atoms. The number of halogens is 2. The molecule has 3 heteroatoms. The molecule has 0 saturated carbocycles. The minimum absolute atomic E-state index is 0.589. The van der Waals surface area contributed by atoms with Gasteiger partial charge in [-0.2, -0.15) is 0 Å². The van der Waals surface area contributed by atoms with Crippen LogP contribution >= 0.6 is 34.5 Å². The Hall–Kier alpha value is -0.240. The summed E-state index contributed by atoms with van der Waals surface area (Å²) >= 11 is 13.5. The number of thiophene rings is 1. The molecule has 2 aromatic rings. The Balaban J connectivity index is 2.61. The highest BCUT2D eigenvalue weighted by molar-refractivity contribution is 7.19. The lowest BCUT2D eigenvalue weighted by Gasteiger charge is -1.98. The van der Waals surface area contributed by atoms with E-state index < -0.39 is 0 Å². The van der Waals surface area contributed by atoms with Crippen LogP contribution < -0.4 is 0 Å². The third-order valence-electron chi connectivity index (χ3n) is 2.25. The van der Waals surface area contributed by atoms with E-state index in [2.05, 4.69) is 24.3 Å². The van der Waals surface area contributed by atoms with Crippen LogP contribution in [0.1, 0.15) is 10.4 Å². The second-order valence-electron chi connectivity index (χ2n) is 3.07. The SMILES string of the molecule is ClCCc1c(CCl)sc2ccccc12. The van der Waals surface area contributed by atoms with E-state index in [0.29, 0.717) is 11.8 Å². The summed E-state index contributed by atoms with van der Waals surface area (Å²) in [6.45, 7) is 0. The highest BCUT2D eigenvalue weighted by atomic mass is 35.5. The van der Waals surface area contributed by atoms with Crippen molar-refractivity contribution in [1.29, 1.82) is 0 Å². The minimum Gasteiger partial charge on any atom is -0.139 e. The highest BCUT2D eigenvalue weighted by Gasteiger charge is 2.09. The molecule has 0 nitrogen and oxygen atoms in total. The first-order valence-electron chi connectivity index (χ1n) is 4.48. The van der Waals surface area contributed by atoms with E-state index in [4.69, 9.17) is 23.2 Å². The quantitative estimate of drug-likeness (QED) is 0.702. The molecule has 1 aromatic carbocycles. The van der Waals surface area contributed by atoms with Crippen molar-refractivity contribution in [3.05, 3.63) is 34.7 Å². The number of alkyl halides is 2. The van der Waals surface area contributed by atoms with Gasteiger partial charge >= 0.3 is 0 Å². The van der Waals surface area contributed by atoms with Crippen molar-refractivity contribution in [2.45, 2.75) is 12.3 Å². The molecule has 1 heterocycles. The lowest BCUT2D eigenvalue weighted by atomic mass is 10.1. The predicted molar refractivity (Wildman–Crippen MR) is 65.8 cm³/mol. The third kappa shape index (κ3) is 1.77. The molecule has 0 atom stereocenters. The summed E-state index contributed by atoms with van der Waals surface area (Å²) in [7, 11) is 0. The van der Waals surface area contributed by atoms with Crippen LogP contribution in [0.25, 0.3) is 10.1 Å². The van der Waals surface area contributed by atoms with Gasteiger partial charge in [-0.15, -0.1) is 34.5 Å². The molecule has 2 rings (SSSR count). The fourth-order valence-electron chi connectivity index (χ4n) is 1.63. The zero-order valence-corrected chi connectivity index (χ0v) is 9.92. The largest absolute Gasteiger partial charge is 0.139 e. The van der Waals surface area contributed by atoms with Crippen molar-refractivity contribution in [2.75, 3.05) is 5.88 Å². The summed E-state index contributed by atoms with van der Waals surface area (Å²) in [5.41, 5.74) is 1.33. The fraction of sp³-hybridized carbons (Fsp3) is 0.273. The van der Waals surface area contributed by atoms with Crippen molar-refractivity contribution >= 4 is 44.6 Å². The summed E-state index contributed by atoms with van der Waals surface area (Å²) in [5, 5.41) is 1.31. The smallest absolute Gasteiger partial charge is 0.0571 e. The van der Waals surface area contributed by atoms with Crippen LogP contribution in [0.15, 0.2) is 24.3 Å².